The largest absolute Gasteiger partial charge is 0.366 e. The Morgan fingerprint density at radius 2 is 1.46 bits per heavy atom. The van der Waals surface area contributed by atoms with Gasteiger partial charge in [-0.15, -0.1) is 0 Å². The van der Waals surface area contributed by atoms with Gasteiger partial charge in [-0.2, -0.15) is 0 Å². The molecule has 1 saturated heterocycles. The van der Waals surface area contributed by atoms with Crippen LogP contribution in [0.5, 0.6) is 0 Å². The van der Waals surface area contributed by atoms with Crippen LogP contribution in [0.1, 0.15) is 5.56 Å². The van der Waals surface area contributed by atoms with Crippen molar-refractivity contribution in [3.05, 3.63) is 63.1 Å². The summed E-state index contributed by atoms with van der Waals surface area (Å²) in [6.45, 7) is 2.76. The Kier molecular flexibility index (Phi) is 5.54. The fourth-order valence-corrected chi connectivity index (χ4v) is 3.62. The van der Waals surface area contributed by atoms with Crippen LogP contribution in [0, 0.1) is 0 Å². The third-order valence-corrected chi connectivity index (χ3v) is 5.02. The average molecular weight is 384 g/mol. The van der Waals surface area contributed by atoms with E-state index in [1.54, 1.807) is 0 Å². The van der Waals surface area contributed by atoms with Gasteiger partial charge in [-0.05, 0) is 29.8 Å². The van der Waals surface area contributed by atoms with Crippen molar-refractivity contribution in [3.8, 4) is 0 Å². The van der Waals surface area contributed by atoms with Crippen LogP contribution in [0.2, 0.25) is 15.1 Å². The second kappa shape index (κ2) is 7.64. The zero-order chi connectivity index (χ0) is 17.1. The number of benzene rings is 2. The van der Waals surface area contributed by atoms with Crippen molar-refractivity contribution in [2.75, 3.05) is 31.1 Å². The Morgan fingerprint density at radius 3 is 2.04 bits per heavy atom. The molecular weight excluding hydrogens is 367 g/mol. The molecule has 1 fully saturated rings. The molecule has 6 heteroatoms. The number of nitrogens with zero attached hydrogens (tertiary/aromatic N) is 2. The van der Waals surface area contributed by atoms with Crippen molar-refractivity contribution in [1.82, 2.24) is 4.90 Å². The van der Waals surface area contributed by atoms with Crippen LogP contribution in [0.3, 0.4) is 0 Å². The first-order valence-corrected chi connectivity index (χ1v) is 8.89. The average Bonchev–Trinajstić information content (AvgIpc) is 2.57. The van der Waals surface area contributed by atoms with Gasteiger partial charge in [-0.1, -0.05) is 53.0 Å². The van der Waals surface area contributed by atoms with E-state index in [9.17, 15) is 4.79 Å². The molecule has 1 heterocycles. The lowest BCUT2D eigenvalue weighted by molar-refractivity contribution is -0.130. The van der Waals surface area contributed by atoms with Gasteiger partial charge in [0, 0.05) is 31.2 Å². The predicted molar refractivity (Wildman–Crippen MR) is 100 cm³/mol. The van der Waals surface area contributed by atoms with E-state index in [-0.39, 0.29) is 5.91 Å². The predicted octanol–water partition coefficient (Wildman–Crippen LogP) is 4.54. The van der Waals surface area contributed by atoms with Crippen molar-refractivity contribution in [3.63, 3.8) is 0 Å². The number of anilines is 1. The molecule has 24 heavy (non-hydrogen) atoms. The third kappa shape index (κ3) is 3.97. The van der Waals surface area contributed by atoms with Gasteiger partial charge in [0.1, 0.15) is 0 Å². The van der Waals surface area contributed by atoms with Gasteiger partial charge in [0.25, 0.3) is 0 Å². The Labute approximate surface area is 156 Å². The number of halogens is 3. The number of hydrogen-bond acceptors (Lipinski definition) is 2. The van der Waals surface area contributed by atoms with E-state index >= 15 is 0 Å². The number of amides is 1. The normalized spacial score (nSPS) is 14.8. The molecule has 0 saturated carbocycles. The van der Waals surface area contributed by atoms with Crippen LogP contribution in [0.25, 0.3) is 0 Å². The van der Waals surface area contributed by atoms with E-state index in [0.717, 1.165) is 24.3 Å². The number of carbonyl (C=O) groups excluding carboxylic acids is 1. The van der Waals surface area contributed by atoms with Crippen LogP contribution in [-0.4, -0.2) is 37.0 Å². The lowest BCUT2D eigenvalue weighted by atomic mass is 10.1. The summed E-state index contributed by atoms with van der Waals surface area (Å²) in [7, 11) is 0. The molecule has 3 nitrogen and oxygen atoms in total. The fraction of sp³-hybridized carbons (Fsp3) is 0.278. The van der Waals surface area contributed by atoms with E-state index in [4.69, 9.17) is 34.8 Å². The van der Waals surface area contributed by atoms with Gasteiger partial charge in [0.05, 0.1) is 22.2 Å². The van der Waals surface area contributed by atoms with E-state index in [0.29, 0.717) is 34.6 Å². The molecule has 3 rings (SSSR count). The molecule has 0 radical (unpaired) electrons. The molecule has 2 aromatic rings. The Bertz CT molecular complexity index is 705. The number of hydrogen-bond donors (Lipinski definition) is 0. The van der Waals surface area contributed by atoms with Gasteiger partial charge in [0.2, 0.25) is 5.91 Å². The van der Waals surface area contributed by atoms with Crippen LogP contribution in [0.15, 0.2) is 42.5 Å². The quantitative estimate of drug-likeness (QED) is 0.777. The molecule has 126 valence electrons. The molecular formula is C18H17Cl3N2O. The van der Waals surface area contributed by atoms with Gasteiger partial charge in [-0.3, -0.25) is 4.79 Å². The van der Waals surface area contributed by atoms with Crippen LogP contribution >= 0.6 is 34.8 Å². The van der Waals surface area contributed by atoms with Crippen molar-refractivity contribution >= 4 is 46.4 Å². The highest BCUT2D eigenvalue weighted by Crippen LogP contribution is 2.34. The second-order valence-electron chi connectivity index (χ2n) is 5.74. The van der Waals surface area contributed by atoms with Crippen LogP contribution in [-0.2, 0) is 11.2 Å². The van der Waals surface area contributed by atoms with E-state index in [2.05, 4.69) is 4.90 Å². The first-order valence-electron chi connectivity index (χ1n) is 7.76. The zero-order valence-electron chi connectivity index (χ0n) is 13.0. The SMILES string of the molecule is O=C(Cc1ccc(Cl)cc1)N1CCN(c2c(Cl)cccc2Cl)CC1. The highest BCUT2D eigenvalue weighted by Gasteiger charge is 2.23. The smallest absolute Gasteiger partial charge is 0.227 e. The van der Waals surface area contributed by atoms with Crippen LogP contribution in [0.4, 0.5) is 5.69 Å². The van der Waals surface area contributed by atoms with Crippen molar-refractivity contribution in [2.45, 2.75) is 6.42 Å². The van der Waals surface area contributed by atoms with Gasteiger partial charge in [-0.25, -0.2) is 0 Å². The van der Waals surface area contributed by atoms with Gasteiger partial charge >= 0.3 is 0 Å². The maximum absolute atomic E-state index is 12.5. The highest BCUT2D eigenvalue weighted by atomic mass is 35.5. The number of piperazine rings is 1. The molecule has 0 N–H and O–H groups in total. The molecule has 0 unspecified atom stereocenters. The minimum absolute atomic E-state index is 0.127. The summed E-state index contributed by atoms with van der Waals surface area (Å²) < 4.78 is 0. The molecule has 1 aliphatic heterocycles. The second-order valence-corrected chi connectivity index (χ2v) is 6.99. The summed E-state index contributed by atoms with van der Waals surface area (Å²) in [5, 5.41) is 1.96. The lowest BCUT2D eigenvalue weighted by Crippen LogP contribution is -2.49. The minimum Gasteiger partial charge on any atom is -0.366 e. The summed E-state index contributed by atoms with van der Waals surface area (Å²) in [6, 6.07) is 12.9. The van der Waals surface area contributed by atoms with E-state index in [1.165, 1.54) is 0 Å². The number of rotatable bonds is 3. The van der Waals surface area contributed by atoms with E-state index < -0.39 is 0 Å². The molecule has 1 amide bonds. The molecule has 0 atom stereocenters. The number of para-hydroxylation sites is 1. The maximum atomic E-state index is 12.5. The van der Waals surface area contributed by atoms with Crippen molar-refractivity contribution in [2.24, 2.45) is 0 Å². The topological polar surface area (TPSA) is 23.6 Å². The fourth-order valence-electron chi connectivity index (χ4n) is 2.86. The highest BCUT2D eigenvalue weighted by molar-refractivity contribution is 6.39. The molecule has 0 spiro atoms. The third-order valence-electron chi connectivity index (χ3n) is 4.15. The summed E-state index contributed by atoms with van der Waals surface area (Å²) in [5.74, 6) is 0.127. The first-order chi connectivity index (χ1) is 11.5. The standard InChI is InChI=1S/C18H17Cl3N2O/c19-14-6-4-13(5-7-14)12-17(24)22-8-10-23(11-9-22)18-15(20)2-1-3-16(18)21/h1-7H,8-12H2. The molecule has 1 aliphatic rings. The molecule has 0 aliphatic carbocycles. The molecule has 2 aromatic carbocycles. The summed E-state index contributed by atoms with van der Waals surface area (Å²) >= 11 is 18.4. The first kappa shape index (κ1) is 17.4. The van der Waals surface area contributed by atoms with Crippen LogP contribution < -0.4 is 4.90 Å². The molecule has 0 aromatic heterocycles. The molecule has 0 bridgehead atoms. The van der Waals surface area contributed by atoms with E-state index in [1.807, 2.05) is 47.4 Å². The van der Waals surface area contributed by atoms with Crippen molar-refractivity contribution in [1.29, 1.82) is 0 Å². The minimum atomic E-state index is 0.127. The summed E-state index contributed by atoms with van der Waals surface area (Å²) in [4.78, 5) is 16.5. The summed E-state index contributed by atoms with van der Waals surface area (Å²) in [5.41, 5.74) is 1.83. The van der Waals surface area contributed by atoms with Gasteiger partial charge in [0.15, 0.2) is 0 Å². The van der Waals surface area contributed by atoms with Crippen molar-refractivity contribution < 1.29 is 4.79 Å². The Morgan fingerprint density at radius 1 is 0.875 bits per heavy atom. The number of carbonyl (C=O) groups is 1. The van der Waals surface area contributed by atoms with Gasteiger partial charge < -0.3 is 9.80 Å². The maximum Gasteiger partial charge on any atom is 0.227 e. The Balaban J connectivity index is 1.60. The Hall–Kier alpha value is -1.42. The summed E-state index contributed by atoms with van der Waals surface area (Å²) in [6.07, 6.45) is 0.393. The zero-order valence-corrected chi connectivity index (χ0v) is 15.3. The lowest BCUT2D eigenvalue weighted by Gasteiger charge is -2.37. The monoisotopic (exact) mass is 382 g/mol.